The molecule has 2 rings (SSSR count). The Balaban J connectivity index is 2.29. The van der Waals surface area contributed by atoms with Crippen LogP contribution in [0.1, 0.15) is 53.4 Å². The fourth-order valence-corrected chi connectivity index (χ4v) is 3.62. The molecule has 2 fully saturated rings. The molecule has 1 saturated heterocycles. The van der Waals surface area contributed by atoms with E-state index in [9.17, 15) is 9.59 Å². The van der Waals surface area contributed by atoms with E-state index in [0.717, 1.165) is 25.7 Å². The van der Waals surface area contributed by atoms with E-state index in [4.69, 9.17) is 4.74 Å². The number of rotatable bonds is 2. The second kappa shape index (κ2) is 5.95. The van der Waals surface area contributed by atoms with Crippen molar-refractivity contribution in [2.24, 2.45) is 5.41 Å². The molecule has 5 heteroatoms. The van der Waals surface area contributed by atoms with Gasteiger partial charge in [-0.3, -0.25) is 9.59 Å². The van der Waals surface area contributed by atoms with Gasteiger partial charge in [-0.25, -0.2) is 0 Å². The van der Waals surface area contributed by atoms with E-state index in [2.05, 4.69) is 5.32 Å². The summed E-state index contributed by atoms with van der Waals surface area (Å²) in [5.41, 5.74) is -0.278. The molecular weight excluding hydrogens is 268 g/mol. The maximum Gasteiger partial charge on any atom is 0.245 e. The minimum atomic E-state index is -0.431. The van der Waals surface area contributed by atoms with Gasteiger partial charge < -0.3 is 15.0 Å². The zero-order valence-corrected chi connectivity index (χ0v) is 13.8. The number of hydrogen-bond donors (Lipinski definition) is 1. The van der Waals surface area contributed by atoms with Crippen LogP contribution in [0.4, 0.5) is 0 Å². The molecule has 21 heavy (non-hydrogen) atoms. The van der Waals surface area contributed by atoms with Crippen LogP contribution in [0.15, 0.2) is 0 Å². The van der Waals surface area contributed by atoms with Gasteiger partial charge >= 0.3 is 0 Å². The topological polar surface area (TPSA) is 58.6 Å². The Morgan fingerprint density at radius 3 is 2.48 bits per heavy atom. The highest BCUT2D eigenvalue weighted by Gasteiger charge is 2.48. The fraction of sp³-hybridized carbons (Fsp3) is 0.875. The summed E-state index contributed by atoms with van der Waals surface area (Å²) < 4.78 is 5.48. The van der Waals surface area contributed by atoms with E-state index in [0.29, 0.717) is 0 Å². The second-order valence-electron chi connectivity index (χ2n) is 7.42. The van der Waals surface area contributed by atoms with Crippen molar-refractivity contribution in [2.45, 2.75) is 77.6 Å². The molecule has 1 aliphatic carbocycles. The summed E-state index contributed by atoms with van der Waals surface area (Å²) in [7, 11) is 1.72. The molecule has 1 aliphatic heterocycles. The van der Waals surface area contributed by atoms with Crippen molar-refractivity contribution in [3.63, 3.8) is 0 Å². The molecule has 0 aromatic rings. The third-order valence-electron chi connectivity index (χ3n) is 4.66. The van der Waals surface area contributed by atoms with Crippen LogP contribution in [-0.4, -0.2) is 48.1 Å². The van der Waals surface area contributed by atoms with E-state index < -0.39 is 12.1 Å². The lowest BCUT2D eigenvalue weighted by atomic mass is 9.80. The Hall–Kier alpha value is -1.10. The van der Waals surface area contributed by atoms with E-state index in [1.807, 2.05) is 25.7 Å². The lowest BCUT2D eigenvalue weighted by Gasteiger charge is -2.49. The van der Waals surface area contributed by atoms with E-state index >= 15 is 0 Å². The van der Waals surface area contributed by atoms with E-state index in [-0.39, 0.29) is 29.4 Å². The van der Waals surface area contributed by atoms with Crippen LogP contribution in [0.25, 0.3) is 0 Å². The van der Waals surface area contributed by atoms with Crippen LogP contribution in [0.5, 0.6) is 0 Å². The molecule has 120 valence electrons. The summed E-state index contributed by atoms with van der Waals surface area (Å²) in [6.45, 7) is 7.82. The summed E-state index contributed by atoms with van der Waals surface area (Å²) >= 11 is 0. The van der Waals surface area contributed by atoms with Gasteiger partial charge in [0, 0.05) is 13.2 Å². The van der Waals surface area contributed by atoms with Crippen LogP contribution < -0.4 is 5.32 Å². The third-order valence-corrected chi connectivity index (χ3v) is 4.66. The van der Waals surface area contributed by atoms with Gasteiger partial charge in [0.05, 0.1) is 6.10 Å². The van der Waals surface area contributed by atoms with Gasteiger partial charge in [0.15, 0.2) is 0 Å². The normalized spacial score (nSPS) is 34.8. The zero-order chi connectivity index (χ0) is 15.8. The van der Waals surface area contributed by atoms with Crippen LogP contribution in [0.3, 0.4) is 0 Å². The first-order chi connectivity index (χ1) is 9.75. The maximum atomic E-state index is 12.7. The lowest BCUT2D eigenvalue weighted by molar-refractivity contribution is -0.158. The predicted octanol–water partition coefficient (Wildman–Crippen LogP) is 1.71. The summed E-state index contributed by atoms with van der Waals surface area (Å²) in [5.74, 6) is 0.00502. The largest absolute Gasteiger partial charge is 0.381 e. The quantitative estimate of drug-likeness (QED) is 0.844. The van der Waals surface area contributed by atoms with Gasteiger partial charge in [0.2, 0.25) is 11.8 Å². The SMILES string of the molecule is COC1CCCC(N2C(=O)C(C)NC(=O)C2C(C)(C)C)C1. The van der Waals surface area contributed by atoms with Crippen LogP contribution in [0, 0.1) is 5.41 Å². The summed E-state index contributed by atoms with van der Waals surface area (Å²) in [4.78, 5) is 27.0. The average molecular weight is 296 g/mol. The Morgan fingerprint density at radius 1 is 1.24 bits per heavy atom. The number of piperazine rings is 1. The van der Waals surface area contributed by atoms with Crippen molar-refractivity contribution in [1.82, 2.24) is 10.2 Å². The molecule has 1 heterocycles. The Labute approximate surface area is 127 Å². The third kappa shape index (κ3) is 3.23. The number of carbonyl (C=O) groups is 2. The Morgan fingerprint density at radius 2 is 1.90 bits per heavy atom. The molecule has 0 spiro atoms. The van der Waals surface area contributed by atoms with E-state index in [1.165, 1.54) is 0 Å². The van der Waals surface area contributed by atoms with Crippen LogP contribution in [0.2, 0.25) is 0 Å². The summed E-state index contributed by atoms with van der Waals surface area (Å²) in [6, 6.07) is -0.727. The molecule has 2 aliphatic rings. The molecule has 1 N–H and O–H groups in total. The first-order valence-corrected chi connectivity index (χ1v) is 7.91. The van der Waals surface area contributed by atoms with Gasteiger partial charge in [-0.05, 0) is 38.0 Å². The number of methoxy groups -OCH3 is 1. The highest BCUT2D eigenvalue weighted by atomic mass is 16.5. The average Bonchev–Trinajstić information content (AvgIpc) is 2.41. The molecule has 4 atom stereocenters. The van der Waals surface area contributed by atoms with Crippen LogP contribution >= 0.6 is 0 Å². The van der Waals surface area contributed by atoms with Gasteiger partial charge in [-0.1, -0.05) is 20.8 Å². The van der Waals surface area contributed by atoms with E-state index in [1.54, 1.807) is 14.0 Å². The number of carbonyl (C=O) groups excluding carboxylic acids is 2. The van der Waals surface area contributed by atoms with Gasteiger partial charge in [-0.2, -0.15) is 0 Å². The molecule has 1 saturated carbocycles. The fourth-order valence-electron chi connectivity index (χ4n) is 3.62. The van der Waals surface area contributed by atoms with Gasteiger partial charge in [0.1, 0.15) is 12.1 Å². The molecule has 0 aromatic carbocycles. The predicted molar refractivity (Wildman–Crippen MR) is 80.7 cm³/mol. The van der Waals surface area contributed by atoms with Crippen molar-refractivity contribution in [1.29, 1.82) is 0 Å². The van der Waals surface area contributed by atoms with Crippen molar-refractivity contribution >= 4 is 11.8 Å². The highest BCUT2D eigenvalue weighted by Crippen LogP contribution is 2.34. The van der Waals surface area contributed by atoms with Crippen molar-refractivity contribution in [3.8, 4) is 0 Å². The molecular formula is C16H28N2O3. The lowest BCUT2D eigenvalue weighted by Crippen LogP contribution is -2.68. The summed E-state index contributed by atoms with van der Waals surface area (Å²) in [6.07, 6.45) is 4.06. The molecule has 5 nitrogen and oxygen atoms in total. The molecule has 4 unspecified atom stereocenters. The Kier molecular flexibility index (Phi) is 4.61. The summed E-state index contributed by atoms with van der Waals surface area (Å²) in [5, 5.41) is 2.82. The number of nitrogens with zero attached hydrogens (tertiary/aromatic N) is 1. The van der Waals surface area contributed by atoms with Crippen LogP contribution in [-0.2, 0) is 14.3 Å². The van der Waals surface area contributed by atoms with Crippen molar-refractivity contribution < 1.29 is 14.3 Å². The highest BCUT2D eigenvalue weighted by molar-refractivity contribution is 5.97. The van der Waals surface area contributed by atoms with Crippen molar-refractivity contribution in [3.05, 3.63) is 0 Å². The molecule has 2 amide bonds. The first-order valence-electron chi connectivity index (χ1n) is 7.91. The minimum Gasteiger partial charge on any atom is -0.381 e. The number of hydrogen-bond acceptors (Lipinski definition) is 3. The van der Waals surface area contributed by atoms with Gasteiger partial charge in [0.25, 0.3) is 0 Å². The maximum absolute atomic E-state index is 12.7. The second-order valence-corrected chi connectivity index (χ2v) is 7.42. The molecule has 0 bridgehead atoms. The van der Waals surface area contributed by atoms with Crippen molar-refractivity contribution in [2.75, 3.05) is 7.11 Å². The number of nitrogens with one attached hydrogen (secondary N) is 1. The Bertz CT molecular complexity index is 416. The monoisotopic (exact) mass is 296 g/mol. The van der Waals surface area contributed by atoms with Gasteiger partial charge in [-0.15, -0.1) is 0 Å². The number of ether oxygens (including phenoxy) is 1. The number of amides is 2. The smallest absolute Gasteiger partial charge is 0.245 e. The zero-order valence-electron chi connectivity index (χ0n) is 13.8. The minimum absolute atomic E-state index is 0.0332. The standard InChI is InChI=1S/C16H28N2O3/c1-10-15(20)18(11-7-6-8-12(9-11)21-5)13(14(19)17-10)16(2,3)4/h10-13H,6-9H2,1-5H3,(H,17,19). The first kappa shape index (κ1) is 16.3. The molecule has 0 aromatic heterocycles. The molecule has 0 radical (unpaired) electrons.